The Morgan fingerprint density at radius 1 is 1.55 bits per heavy atom. The van der Waals surface area contributed by atoms with Crippen LogP contribution in [0.4, 0.5) is 5.82 Å². The van der Waals surface area contributed by atoms with Crippen LogP contribution in [0.5, 0.6) is 0 Å². The van der Waals surface area contributed by atoms with Gasteiger partial charge in [-0.25, -0.2) is 0 Å². The summed E-state index contributed by atoms with van der Waals surface area (Å²) in [7, 11) is 0. The Morgan fingerprint density at radius 3 is 2.86 bits per heavy atom. The van der Waals surface area contributed by atoms with Crippen molar-refractivity contribution in [1.82, 2.24) is 10.1 Å². The molecule has 1 aromatic rings. The number of anilines is 1. The van der Waals surface area contributed by atoms with Crippen LogP contribution in [0, 0.1) is 6.92 Å². The number of unbranched alkanes of at least 4 members (excludes halogenated alkanes) is 1. The minimum atomic E-state index is -0.176. The molecule has 1 fully saturated rings. The summed E-state index contributed by atoms with van der Waals surface area (Å²) in [5.41, 5.74) is 0. The Morgan fingerprint density at radius 2 is 2.27 bits per heavy atom. The number of rotatable bonds is 6. The number of carbonyl (C=O) groups excluding carboxylic acids is 1. The first-order chi connectivity index (χ1) is 10.6. The van der Waals surface area contributed by atoms with E-state index in [0.29, 0.717) is 11.6 Å². The van der Waals surface area contributed by atoms with E-state index in [4.69, 9.17) is 16.7 Å². The first kappa shape index (κ1) is 17.3. The number of amides is 1. The van der Waals surface area contributed by atoms with E-state index >= 15 is 0 Å². The molecule has 1 saturated heterocycles. The second-order valence-electron chi connectivity index (χ2n) is 5.52. The molecule has 7 heteroatoms. The molecule has 0 aromatic carbocycles. The molecule has 1 N–H and O–H groups in total. The molecule has 2 heterocycles. The standard InChI is InChI=1S/C15H23N3O2S2/c1-3-4-7-12(22-15(21)18-8-5-6-9-18)14(19)16-13-10-11(2)20-17-13/h10,12H,3-9H2,1-2H3,(H,16,17,19). The van der Waals surface area contributed by atoms with Crippen LogP contribution in [0.15, 0.2) is 10.6 Å². The van der Waals surface area contributed by atoms with Crippen LogP contribution >= 0.6 is 24.0 Å². The molecule has 0 radical (unpaired) electrons. The number of hydrogen-bond donors (Lipinski definition) is 1. The Balaban J connectivity index is 1.94. The van der Waals surface area contributed by atoms with Crippen LogP contribution in [0.25, 0.3) is 0 Å². The molecule has 2 rings (SSSR count). The van der Waals surface area contributed by atoms with Gasteiger partial charge in [0.15, 0.2) is 5.82 Å². The van der Waals surface area contributed by atoms with Gasteiger partial charge >= 0.3 is 0 Å². The summed E-state index contributed by atoms with van der Waals surface area (Å²) in [6.07, 6.45) is 5.25. The number of carbonyl (C=O) groups is 1. The van der Waals surface area contributed by atoms with Gasteiger partial charge in [0.2, 0.25) is 5.91 Å². The third kappa shape index (κ3) is 4.98. The SMILES string of the molecule is CCCCC(SC(=S)N1CCCC1)C(=O)Nc1cc(C)on1. The zero-order valence-electron chi connectivity index (χ0n) is 13.1. The highest BCUT2D eigenvalue weighted by atomic mass is 32.2. The summed E-state index contributed by atoms with van der Waals surface area (Å²) in [6, 6.07) is 1.72. The predicted molar refractivity (Wildman–Crippen MR) is 94.2 cm³/mol. The van der Waals surface area contributed by atoms with E-state index in [-0.39, 0.29) is 11.2 Å². The Bertz CT molecular complexity index is 513. The Labute approximate surface area is 141 Å². The molecular weight excluding hydrogens is 318 g/mol. The van der Waals surface area contributed by atoms with Crippen molar-refractivity contribution in [3.8, 4) is 0 Å². The van der Waals surface area contributed by atoms with Crippen LogP contribution in [0.1, 0.15) is 44.8 Å². The Hall–Kier alpha value is -1.08. The van der Waals surface area contributed by atoms with Crippen molar-refractivity contribution in [1.29, 1.82) is 0 Å². The van der Waals surface area contributed by atoms with Gasteiger partial charge in [-0.1, -0.05) is 48.9 Å². The highest BCUT2D eigenvalue weighted by molar-refractivity contribution is 8.23. The molecule has 0 saturated carbocycles. The van der Waals surface area contributed by atoms with Gasteiger partial charge in [-0.2, -0.15) is 0 Å². The minimum Gasteiger partial charge on any atom is -0.360 e. The van der Waals surface area contributed by atoms with Gasteiger partial charge in [0.25, 0.3) is 0 Å². The maximum atomic E-state index is 12.5. The second-order valence-corrected chi connectivity index (χ2v) is 7.36. The van der Waals surface area contributed by atoms with Crippen molar-refractivity contribution in [2.24, 2.45) is 0 Å². The van der Waals surface area contributed by atoms with E-state index in [9.17, 15) is 4.79 Å². The average Bonchev–Trinajstić information content (AvgIpc) is 3.15. The highest BCUT2D eigenvalue weighted by Gasteiger charge is 2.25. The van der Waals surface area contributed by atoms with Crippen molar-refractivity contribution < 1.29 is 9.32 Å². The van der Waals surface area contributed by atoms with Gasteiger partial charge in [-0.05, 0) is 26.2 Å². The van der Waals surface area contributed by atoms with Crippen LogP contribution in [0.3, 0.4) is 0 Å². The van der Waals surface area contributed by atoms with Crippen LogP contribution < -0.4 is 5.32 Å². The average molecular weight is 342 g/mol. The summed E-state index contributed by atoms with van der Waals surface area (Å²) in [4.78, 5) is 14.7. The molecule has 1 atom stereocenters. The molecule has 1 aliphatic rings. The van der Waals surface area contributed by atoms with E-state index in [0.717, 1.165) is 36.7 Å². The van der Waals surface area contributed by atoms with E-state index in [2.05, 4.69) is 22.3 Å². The normalized spacial score (nSPS) is 15.8. The molecule has 1 aromatic heterocycles. The predicted octanol–water partition coefficient (Wildman–Crippen LogP) is 3.59. The zero-order chi connectivity index (χ0) is 15.9. The zero-order valence-corrected chi connectivity index (χ0v) is 14.8. The number of nitrogens with one attached hydrogen (secondary N) is 1. The molecule has 0 spiro atoms. The molecule has 1 unspecified atom stereocenters. The number of thiocarbonyl (C=S) groups is 1. The smallest absolute Gasteiger partial charge is 0.239 e. The van der Waals surface area contributed by atoms with Crippen LogP contribution in [-0.4, -0.2) is 38.6 Å². The first-order valence-corrected chi connectivity index (χ1v) is 9.08. The minimum absolute atomic E-state index is 0.0479. The third-order valence-electron chi connectivity index (χ3n) is 3.60. The lowest BCUT2D eigenvalue weighted by Gasteiger charge is -2.22. The largest absolute Gasteiger partial charge is 0.360 e. The maximum Gasteiger partial charge on any atom is 0.239 e. The molecule has 1 aliphatic heterocycles. The van der Waals surface area contributed by atoms with Gasteiger partial charge in [0, 0.05) is 19.2 Å². The van der Waals surface area contributed by atoms with Gasteiger partial charge in [0.05, 0.1) is 5.25 Å². The number of aromatic nitrogens is 1. The fourth-order valence-corrected chi connectivity index (χ4v) is 3.92. The Kier molecular flexibility index (Phi) is 6.70. The van der Waals surface area contributed by atoms with Crippen LogP contribution in [0.2, 0.25) is 0 Å². The lowest BCUT2D eigenvalue weighted by atomic mass is 10.2. The summed E-state index contributed by atoms with van der Waals surface area (Å²) in [5.74, 6) is 1.10. The van der Waals surface area contributed by atoms with E-state index < -0.39 is 0 Å². The topological polar surface area (TPSA) is 58.4 Å². The van der Waals surface area contributed by atoms with Crippen molar-refractivity contribution >= 4 is 40.0 Å². The van der Waals surface area contributed by atoms with Gasteiger partial charge in [-0.3, -0.25) is 4.79 Å². The lowest BCUT2D eigenvalue weighted by Crippen LogP contribution is -2.31. The summed E-state index contributed by atoms with van der Waals surface area (Å²) in [6.45, 7) is 5.95. The molecule has 1 amide bonds. The fraction of sp³-hybridized carbons (Fsp3) is 0.667. The molecule has 5 nitrogen and oxygen atoms in total. The summed E-state index contributed by atoms with van der Waals surface area (Å²) < 4.78 is 5.82. The van der Waals surface area contributed by atoms with Crippen molar-refractivity contribution in [2.75, 3.05) is 18.4 Å². The van der Waals surface area contributed by atoms with Gasteiger partial charge in [0.1, 0.15) is 10.1 Å². The number of hydrogen-bond acceptors (Lipinski definition) is 5. The van der Waals surface area contributed by atoms with Gasteiger partial charge in [-0.15, -0.1) is 0 Å². The quantitative estimate of drug-likeness (QED) is 0.798. The monoisotopic (exact) mass is 341 g/mol. The molecule has 0 aliphatic carbocycles. The maximum absolute atomic E-state index is 12.5. The fourth-order valence-electron chi connectivity index (χ4n) is 2.36. The number of thioether (sulfide) groups is 1. The lowest BCUT2D eigenvalue weighted by molar-refractivity contribution is -0.115. The molecule has 22 heavy (non-hydrogen) atoms. The third-order valence-corrected chi connectivity index (χ3v) is 5.34. The molecule has 122 valence electrons. The summed E-state index contributed by atoms with van der Waals surface area (Å²) in [5, 5.41) is 6.46. The van der Waals surface area contributed by atoms with Crippen molar-refractivity contribution in [3.05, 3.63) is 11.8 Å². The van der Waals surface area contributed by atoms with Crippen molar-refractivity contribution in [3.63, 3.8) is 0 Å². The first-order valence-electron chi connectivity index (χ1n) is 7.80. The summed E-state index contributed by atoms with van der Waals surface area (Å²) >= 11 is 7.01. The highest BCUT2D eigenvalue weighted by Crippen LogP contribution is 2.25. The van der Waals surface area contributed by atoms with Crippen molar-refractivity contribution in [2.45, 2.75) is 51.2 Å². The van der Waals surface area contributed by atoms with E-state index in [1.165, 1.54) is 24.6 Å². The molecular formula is C15H23N3O2S2. The van der Waals surface area contributed by atoms with Crippen LogP contribution in [-0.2, 0) is 4.79 Å². The number of likely N-dealkylation sites (tertiary alicyclic amines) is 1. The van der Waals surface area contributed by atoms with Gasteiger partial charge < -0.3 is 14.7 Å². The molecule has 0 bridgehead atoms. The van der Waals surface area contributed by atoms with E-state index in [1.54, 1.807) is 13.0 Å². The second kappa shape index (κ2) is 8.53. The number of nitrogens with zero attached hydrogens (tertiary/aromatic N) is 2. The van der Waals surface area contributed by atoms with E-state index in [1.807, 2.05) is 0 Å². The number of aryl methyl sites for hydroxylation is 1.